The third kappa shape index (κ3) is 1.80. The van der Waals surface area contributed by atoms with Crippen molar-refractivity contribution >= 4 is 5.82 Å². The Labute approximate surface area is 98.6 Å². The third-order valence-corrected chi connectivity index (χ3v) is 2.43. The molecule has 7 nitrogen and oxygen atoms in total. The first kappa shape index (κ1) is 11.3. The van der Waals surface area contributed by atoms with Crippen LogP contribution in [0.2, 0.25) is 0 Å². The SMILES string of the molecule is COc1c(-c2nccnc2NN)c(C)nn1C. The molecule has 0 amide bonds. The van der Waals surface area contributed by atoms with E-state index in [0.717, 1.165) is 11.3 Å². The zero-order chi connectivity index (χ0) is 12.4. The molecule has 0 bridgehead atoms. The van der Waals surface area contributed by atoms with Crippen molar-refractivity contribution in [2.75, 3.05) is 12.5 Å². The summed E-state index contributed by atoms with van der Waals surface area (Å²) in [6.45, 7) is 1.88. The molecule has 0 saturated heterocycles. The number of methoxy groups -OCH3 is 1. The predicted molar refractivity (Wildman–Crippen MR) is 63.3 cm³/mol. The molecule has 0 fully saturated rings. The van der Waals surface area contributed by atoms with Gasteiger partial charge in [-0.05, 0) is 6.92 Å². The fraction of sp³-hybridized carbons (Fsp3) is 0.300. The molecule has 2 heterocycles. The topological polar surface area (TPSA) is 90.9 Å². The lowest BCUT2D eigenvalue weighted by Gasteiger charge is -2.07. The number of aryl methyl sites for hydroxylation is 2. The minimum absolute atomic E-state index is 0.488. The number of hydrogen-bond donors (Lipinski definition) is 2. The monoisotopic (exact) mass is 234 g/mol. The molecule has 0 radical (unpaired) electrons. The molecule has 0 unspecified atom stereocenters. The Balaban J connectivity index is 2.67. The molecule has 7 heteroatoms. The summed E-state index contributed by atoms with van der Waals surface area (Å²) in [4.78, 5) is 8.37. The standard InChI is InChI=1S/C10H14N6O/c1-6-7(10(17-3)16(2)15-6)8-9(14-11)13-5-4-12-8/h4-5H,11H2,1-3H3,(H,13,14). The van der Waals surface area contributed by atoms with E-state index in [9.17, 15) is 0 Å². The number of ether oxygens (including phenoxy) is 1. The highest BCUT2D eigenvalue weighted by Gasteiger charge is 2.20. The summed E-state index contributed by atoms with van der Waals surface area (Å²) < 4.78 is 6.97. The molecule has 2 rings (SSSR count). The average Bonchev–Trinajstić information content (AvgIpc) is 2.63. The van der Waals surface area contributed by atoms with E-state index in [2.05, 4.69) is 20.5 Å². The van der Waals surface area contributed by atoms with Crippen molar-refractivity contribution in [2.45, 2.75) is 6.92 Å². The fourth-order valence-corrected chi connectivity index (χ4v) is 1.77. The molecule has 0 aliphatic rings. The maximum Gasteiger partial charge on any atom is 0.221 e. The number of nitrogens with one attached hydrogen (secondary N) is 1. The van der Waals surface area contributed by atoms with Crippen LogP contribution in [0.3, 0.4) is 0 Å². The van der Waals surface area contributed by atoms with Gasteiger partial charge in [0, 0.05) is 19.4 Å². The van der Waals surface area contributed by atoms with Crippen LogP contribution in [0.25, 0.3) is 11.3 Å². The summed E-state index contributed by atoms with van der Waals surface area (Å²) >= 11 is 0. The molecule has 0 aliphatic carbocycles. The van der Waals surface area contributed by atoms with Crippen LogP contribution in [0.5, 0.6) is 5.88 Å². The molecule has 0 aromatic carbocycles. The van der Waals surface area contributed by atoms with Gasteiger partial charge in [-0.2, -0.15) is 5.10 Å². The van der Waals surface area contributed by atoms with Crippen molar-refractivity contribution in [1.82, 2.24) is 19.7 Å². The number of rotatable bonds is 3. The lowest BCUT2D eigenvalue weighted by molar-refractivity contribution is 0.374. The van der Waals surface area contributed by atoms with Gasteiger partial charge in [-0.15, -0.1) is 0 Å². The zero-order valence-corrected chi connectivity index (χ0v) is 9.93. The molecule has 2 aromatic heterocycles. The molecule has 3 N–H and O–H groups in total. The second kappa shape index (κ2) is 4.38. The Hall–Kier alpha value is -2.15. The van der Waals surface area contributed by atoms with Crippen LogP contribution >= 0.6 is 0 Å². The van der Waals surface area contributed by atoms with E-state index in [0.29, 0.717) is 17.4 Å². The van der Waals surface area contributed by atoms with Gasteiger partial charge >= 0.3 is 0 Å². The van der Waals surface area contributed by atoms with Gasteiger partial charge in [-0.25, -0.2) is 15.5 Å². The Morgan fingerprint density at radius 2 is 2.06 bits per heavy atom. The first-order valence-corrected chi connectivity index (χ1v) is 5.04. The van der Waals surface area contributed by atoms with Crippen molar-refractivity contribution in [2.24, 2.45) is 12.9 Å². The Kier molecular flexibility index (Phi) is 2.92. The summed E-state index contributed by atoms with van der Waals surface area (Å²) in [6, 6.07) is 0. The number of nitrogens with two attached hydrogens (primary N) is 1. The molecule has 0 atom stereocenters. The molecule has 17 heavy (non-hydrogen) atoms. The number of hydrazine groups is 1. The van der Waals surface area contributed by atoms with Gasteiger partial charge in [0.15, 0.2) is 5.82 Å². The summed E-state index contributed by atoms with van der Waals surface area (Å²) in [5.74, 6) is 6.53. The first-order chi connectivity index (χ1) is 8.19. The van der Waals surface area contributed by atoms with Crippen LogP contribution in [0.15, 0.2) is 12.4 Å². The number of aromatic nitrogens is 4. The second-order valence-corrected chi connectivity index (χ2v) is 3.49. The molecule has 0 spiro atoms. The van der Waals surface area contributed by atoms with E-state index in [1.807, 2.05) is 6.92 Å². The van der Waals surface area contributed by atoms with E-state index in [4.69, 9.17) is 10.6 Å². The predicted octanol–water partition coefficient (Wildman–Crippen LogP) is 0.480. The Bertz CT molecular complexity index is 536. The lowest BCUT2D eigenvalue weighted by atomic mass is 10.2. The van der Waals surface area contributed by atoms with Crippen LogP contribution in [-0.4, -0.2) is 26.9 Å². The first-order valence-electron chi connectivity index (χ1n) is 5.04. The van der Waals surface area contributed by atoms with Gasteiger partial charge in [-0.1, -0.05) is 0 Å². The van der Waals surface area contributed by atoms with Crippen molar-refractivity contribution in [3.8, 4) is 17.1 Å². The van der Waals surface area contributed by atoms with Gasteiger partial charge < -0.3 is 10.2 Å². The van der Waals surface area contributed by atoms with Crippen LogP contribution in [0, 0.1) is 6.92 Å². The molecule has 90 valence electrons. The number of nitrogen functional groups attached to an aromatic ring is 1. The smallest absolute Gasteiger partial charge is 0.221 e. The van der Waals surface area contributed by atoms with Gasteiger partial charge in [-0.3, -0.25) is 4.98 Å². The molecular formula is C10H14N6O. The summed E-state index contributed by atoms with van der Waals surface area (Å²) in [6.07, 6.45) is 3.17. The minimum atomic E-state index is 0.488. The van der Waals surface area contributed by atoms with Gasteiger partial charge in [0.25, 0.3) is 0 Å². The summed E-state index contributed by atoms with van der Waals surface area (Å²) in [5, 5.41) is 4.29. The highest BCUT2D eigenvalue weighted by molar-refractivity contribution is 5.76. The highest BCUT2D eigenvalue weighted by Crippen LogP contribution is 2.34. The second-order valence-electron chi connectivity index (χ2n) is 3.49. The average molecular weight is 234 g/mol. The van der Waals surface area contributed by atoms with E-state index >= 15 is 0 Å². The summed E-state index contributed by atoms with van der Waals surface area (Å²) in [7, 11) is 3.40. The van der Waals surface area contributed by atoms with E-state index in [-0.39, 0.29) is 0 Å². The van der Waals surface area contributed by atoms with Crippen molar-refractivity contribution in [3.05, 3.63) is 18.1 Å². The van der Waals surface area contributed by atoms with Gasteiger partial charge in [0.05, 0.1) is 18.4 Å². The largest absolute Gasteiger partial charge is 0.481 e. The van der Waals surface area contributed by atoms with Crippen molar-refractivity contribution < 1.29 is 4.74 Å². The molecule has 0 saturated carbocycles. The molecular weight excluding hydrogens is 220 g/mol. The fourth-order valence-electron chi connectivity index (χ4n) is 1.77. The zero-order valence-electron chi connectivity index (χ0n) is 9.93. The maximum absolute atomic E-state index is 5.42. The van der Waals surface area contributed by atoms with E-state index in [1.165, 1.54) is 0 Å². The Morgan fingerprint density at radius 1 is 1.35 bits per heavy atom. The van der Waals surface area contributed by atoms with Crippen LogP contribution in [-0.2, 0) is 7.05 Å². The van der Waals surface area contributed by atoms with Crippen LogP contribution < -0.4 is 16.0 Å². The quantitative estimate of drug-likeness (QED) is 0.593. The highest BCUT2D eigenvalue weighted by atomic mass is 16.5. The number of nitrogens with zero attached hydrogens (tertiary/aromatic N) is 4. The molecule has 0 aliphatic heterocycles. The Morgan fingerprint density at radius 3 is 2.71 bits per heavy atom. The van der Waals surface area contributed by atoms with Crippen LogP contribution in [0.1, 0.15) is 5.69 Å². The maximum atomic E-state index is 5.42. The van der Waals surface area contributed by atoms with E-state index in [1.54, 1.807) is 31.2 Å². The molecule has 2 aromatic rings. The minimum Gasteiger partial charge on any atom is -0.481 e. The normalized spacial score (nSPS) is 10.4. The third-order valence-electron chi connectivity index (χ3n) is 2.43. The van der Waals surface area contributed by atoms with Crippen molar-refractivity contribution in [3.63, 3.8) is 0 Å². The number of hydrogen-bond acceptors (Lipinski definition) is 6. The van der Waals surface area contributed by atoms with Crippen molar-refractivity contribution in [1.29, 1.82) is 0 Å². The van der Waals surface area contributed by atoms with Gasteiger partial charge in [0.2, 0.25) is 5.88 Å². The van der Waals surface area contributed by atoms with E-state index < -0.39 is 0 Å². The lowest BCUT2D eigenvalue weighted by Crippen LogP contribution is -2.10. The van der Waals surface area contributed by atoms with Gasteiger partial charge in [0.1, 0.15) is 5.69 Å². The van der Waals surface area contributed by atoms with Crippen LogP contribution in [0.4, 0.5) is 5.82 Å². The summed E-state index contributed by atoms with van der Waals surface area (Å²) in [5.41, 5.74) is 4.73. The number of anilines is 1.